The Morgan fingerprint density at radius 2 is 2.20 bits per heavy atom. The summed E-state index contributed by atoms with van der Waals surface area (Å²) in [5.74, 6) is -1.24. The van der Waals surface area contributed by atoms with E-state index in [1.165, 1.54) is 12.1 Å². The van der Waals surface area contributed by atoms with Gasteiger partial charge in [-0.15, -0.1) is 0 Å². The summed E-state index contributed by atoms with van der Waals surface area (Å²) in [6.45, 7) is 1.75. The Balaban J connectivity index is 3.08. The zero-order valence-corrected chi connectivity index (χ0v) is 12.2. The molecule has 0 bridgehead atoms. The first-order chi connectivity index (χ1) is 9.31. The van der Waals surface area contributed by atoms with Gasteiger partial charge in [-0.05, 0) is 24.6 Å². The maximum Gasteiger partial charge on any atom is 0.321 e. The summed E-state index contributed by atoms with van der Waals surface area (Å²) in [7, 11) is -4.00. The van der Waals surface area contributed by atoms with Crippen LogP contribution in [0.3, 0.4) is 0 Å². The van der Waals surface area contributed by atoms with Crippen LogP contribution in [0.1, 0.15) is 25.3 Å². The van der Waals surface area contributed by atoms with Crippen LogP contribution in [-0.2, 0) is 14.8 Å². The van der Waals surface area contributed by atoms with Crippen LogP contribution in [0.4, 0.5) is 0 Å². The third-order valence-electron chi connectivity index (χ3n) is 2.54. The van der Waals surface area contributed by atoms with Gasteiger partial charge in [-0.1, -0.05) is 24.9 Å². The minimum atomic E-state index is -4.00. The molecular formula is C12H13ClN2O4S. The van der Waals surface area contributed by atoms with Gasteiger partial charge >= 0.3 is 5.97 Å². The molecule has 0 aliphatic carbocycles. The zero-order valence-electron chi connectivity index (χ0n) is 10.6. The number of rotatable bonds is 6. The molecule has 6 nitrogen and oxygen atoms in total. The number of carboxylic acid groups (broad SMARTS) is 1. The maximum atomic E-state index is 12.1. The predicted octanol–water partition coefficient (Wildman–Crippen LogP) is 1.74. The summed E-state index contributed by atoms with van der Waals surface area (Å²) in [5.41, 5.74) is 0.147. The number of carbonyl (C=O) groups is 1. The highest BCUT2D eigenvalue weighted by Gasteiger charge is 2.25. The molecule has 0 unspecified atom stereocenters. The van der Waals surface area contributed by atoms with Crippen LogP contribution in [0.25, 0.3) is 0 Å². The fraction of sp³-hybridized carbons (Fsp3) is 0.333. The van der Waals surface area contributed by atoms with E-state index in [4.69, 9.17) is 22.0 Å². The van der Waals surface area contributed by atoms with Gasteiger partial charge in [0, 0.05) is 0 Å². The second-order valence-corrected chi connectivity index (χ2v) is 6.18. The van der Waals surface area contributed by atoms with Crippen molar-refractivity contribution in [2.45, 2.75) is 30.7 Å². The Kier molecular flexibility index (Phi) is 5.51. The van der Waals surface area contributed by atoms with Gasteiger partial charge in [0.25, 0.3) is 0 Å². The molecule has 0 aliphatic rings. The highest BCUT2D eigenvalue weighted by atomic mass is 35.5. The van der Waals surface area contributed by atoms with Crippen LogP contribution in [0.15, 0.2) is 23.1 Å². The number of hydrogen-bond acceptors (Lipinski definition) is 4. The Hall–Kier alpha value is -1.62. The minimum Gasteiger partial charge on any atom is -0.480 e. The molecule has 0 spiro atoms. The predicted molar refractivity (Wildman–Crippen MR) is 72.8 cm³/mol. The van der Waals surface area contributed by atoms with Crippen LogP contribution in [0, 0.1) is 11.3 Å². The lowest BCUT2D eigenvalue weighted by Gasteiger charge is -2.14. The van der Waals surface area contributed by atoms with Crippen LogP contribution in [0.5, 0.6) is 0 Å². The normalized spacial score (nSPS) is 12.7. The first-order valence-electron chi connectivity index (χ1n) is 5.76. The quantitative estimate of drug-likeness (QED) is 0.831. The number of carboxylic acids is 1. The molecule has 0 aliphatic heterocycles. The molecule has 0 radical (unpaired) electrons. The summed E-state index contributed by atoms with van der Waals surface area (Å²) in [5, 5.41) is 17.7. The van der Waals surface area contributed by atoms with E-state index in [1.807, 2.05) is 6.07 Å². The van der Waals surface area contributed by atoms with Crippen molar-refractivity contribution in [2.24, 2.45) is 0 Å². The third kappa shape index (κ3) is 3.93. The van der Waals surface area contributed by atoms with E-state index in [0.717, 1.165) is 6.07 Å². The third-order valence-corrected chi connectivity index (χ3v) is 4.33. The van der Waals surface area contributed by atoms with Gasteiger partial charge in [0.05, 0.1) is 15.5 Å². The molecule has 0 saturated heterocycles. The van der Waals surface area contributed by atoms with Crippen molar-refractivity contribution in [3.8, 4) is 6.07 Å². The molecule has 0 amide bonds. The van der Waals surface area contributed by atoms with Crippen molar-refractivity contribution in [3.63, 3.8) is 0 Å². The van der Waals surface area contributed by atoms with Crippen molar-refractivity contribution >= 4 is 27.6 Å². The van der Waals surface area contributed by atoms with Crippen LogP contribution < -0.4 is 4.72 Å². The van der Waals surface area contributed by atoms with E-state index < -0.39 is 22.0 Å². The first kappa shape index (κ1) is 16.4. The molecule has 1 rings (SSSR count). The lowest BCUT2D eigenvalue weighted by atomic mass is 10.2. The van der Waals surface area contributed by atoms with Crippen molar-refractivity contribution in [1.29, 1.82) is 5.26 Å². The van der Waals surface area contributed by atoms with E-state index in [-0.39, 0.29) is 21.9 Å². The van der Waals surface area contributed by atoms with E-state index in [9.17, 15) is 13.2 Å². The van der Waals surface area contributed by atoms with Crippen molar-refractivity contribution in [1.82, 2.24) is 4.72 Å². The first-order valence-corrected chi connectivity index (χ1v) is 7.62. The van der Waals surface area contributed by atoms with Crippen molar-refractivity contribution in [3.05, 3.63) is 28.8 Å². The molecule has 1 aromatic carbocycles. The molecule has 1 atom stereocenters. The second kappa shape index (κ2) is 6.70. The van der Waals surface area contributed by atoms with Crippen LogP contribution >= 0.6 is 11.6 Å². The van der Waals surface area contributed by atoms with Crippen molar-refractivity contribution < 1.29 is 18.3 Å². The molecule has 0 saturated carbocycles. The second-order valence-electron chi connectivity index (χ2n) is 4.05. The average Bonchev–Trinajstić information content (AvgIpc) is 2.37. The monoisotopic (exact) mass is 316 g/mol. The van der Waals surface area contributed by atoms with E-state index in [2.05, 4.69) is 4.72 Å². The summed E-state index contributed by atoms with van der Waals surface area (Å²) in [4.78, 5) is 10.8. The number of halogens is 1. The maximum absolute atomic E-state index is 12.1. The molecule has 0 heterocycles. The van der Waals surface area contributed by atoms with Gasteiger partial charge in [-0.2, -0.15) is 9.98 Å². The van der Waals surface area contributed by atoms with Gasteiger partial charge in [0.15, 0.2) is 0 Å². The highest BCUT2D eigenvalue weighted by molar-refractivity contribution is 7.89. The average molecular weight is 317 g/mol. The Morgan fingerprint density at radius 3 is 2.65 bits per heavy atom. The van der Waals surface area contributed by atoms with Crippen molar-refractivity contribution in [2.75, 3.05) is 0 Å². The van der Waals surface area contributed by atoms with Gasteiger partial charge < -0.3 is 5.11 Å². The fourth-order valence-electron chi connectivity index (χ4n) is 1.53. The largest absolute Gasteiger partial charge is 0.480 e. The molecule has 8 heteroatoms. The van der Waals surface area contributed by atoms with Crippen LogP contribution in [-0.4, -0.2) is 25.5 Å². The molecule has 0 fully saturated rings. The minimum absolute atomic E-state index is 0.00209. The topological polar surface area (TPSA) is 107 Å². The standard InChI is InChI=1S/C12H13ClN2O4S/c1-2-3-11(12(16)17)15-20(18,19)9-5-4-8(7-14)10(13)6-9/h4-6,11,15H,2-3H2,1H3,(H,16,17)/t11-/m0/s1. The number of hydrogen-bond donors (Lipinski definition) is 2. The zero-order chi connectivity index (χ0) is 15.3. The fourth-order valence-corrected chi connectivity index (χ4v) is 3.07. The number of nitriles is 1. The van der Waals surface area contributed by atoms with Crippen LogP contribution in [0.2, 0.25) is 5.02 Å². The Labute approximate surface area is 122 Å². The van der Waals surface area contributed by atoms with Gasteiger partial charge in [-0.3, -0.25) is 4.79 Å². The van der Waals surface area contributed by atoms with E-state index in [1.54, 1.807) is 6.92 Å². The lowest BCUT2D eigenvalue weighted by Crippen LogP contribution is -2.40. The van der Waals surface area contributed by atoms with E-state index >= 15 is 0 Å². The summed E-state index contributed by atoms with van der Waals surface area (Å²) in [6, 6.07) is 4.21. The SMILES string of the molecule is CCC[C@H](NS(=O)(=O)c1ccc(C#N)c(Cl)c1)C(=O)O. The number of nitrogens with zero attached hydrogens (tertiary/aromatic N) is 1. The van der Waals surface area contributed by atoms with Gasteiger partial charge in [0.1, 0.15) is 12.1 Å². The summed E-state index contributed by atoms with van der Waals surface area (Å²) >= 11 is 5.76. The molecule has 20 heavy (non-hydrogen) atoms. The number of benzene rings is 1. The number of nitrogens with one attached hydrogen (secondary N) is 1. The Morgan fingerprint density at radius 1 is 1.55 bits per heavy atom. The summed E-state index contributed by atoms with van der Waals surface area (Å²) < 4.78 is 26.2. The van der Waals surface area contributed by atoms with Gasteiger partial charge in [-0.25, -0.2) is 8.42 Å². The number of sulfonamides is 1. The molecule has 108 valence electrons. The highest BCUT2D eigenvalue weighted by Crippen LogP contribution is 2.20. The molecule has 1 aromatic rings. The smallest absolute Gasteiger partial charge is 0.321 e. The molecule has 0 aromatic heterocycles. The van der Waals surface area contributed by atoms with E-state index in [0.29, 0.717) is 6.42 Å². The lowest BCUT2D eigenvalue weighted by molar-refractivity contribution is -0.139. The Bertz CT molecular complexity index is 652. The van der Waals surface area contributed by atoms with Gasteiger partial charge in [0.2, 0.25) is 10.0 Å². The summed E-state index contributed by atoms with van der Waals surface area (Å²) in [6.07, 6.45) is 0.701. The molecular weight excluding hydrogens is 304 g/mol. The molecule has 2 N–H and O–H groups in total. The number of aliphatic carboxylic acids is 1.